The van der Waals surface area contributed by atoms with Crippen LogP contribution in [0.15, 0.2) is 59.3 Å². The zero-order chi connectivity index (χ0) is 18.6. The van der Waals surface area contributed by atoms with Crippen molar-refractivity contribution < 1.29 is 14.3 Å². The number of furan rings is 1. The minimum absolute atomic E-state index is 0.179. The lowest BCUT2D eigenvalue weighted by Crippen LogP contribution is -2.22. The molecule has 1 amide bonds. The van der Waals surface area contributed by atoms with Crippen LogP contribution in [0.4, 0.5) is 0 Å². The molecule has 0 saturated heterocycles. The standard InChI is InChI=1S/C20H19N3O3/c1-20(2,25)11-10-17-8-9-18(26-17)19(24)21-14-15-4-6-16(7-5-15)23-13-3-12-22-23/h3-9,12-13,25H,14H2,1-2H3,(H,21,24). The summed E-state index contributed by atoms with van der Waals surface area (Å²) < 4.78 is 7.15. The smallest absolute Gasteiger partial charge is 0.287 e. The van der Waals surface area contributed by atoms with Gasteiger partial charge in [0.2, 0.25) is 0 Å². The van der Waals surface area contributed by atoms with Gasteiger partial charge in [-0.05, 0) is 55.7 Å². The van der Waals surface area contributed by atoms with Crippen LogP contribution >= 0.6 is 0 Å². The fourth-order valence-electron chi connectivity index (χ4n) is 2.20. The Hall–Kier alpha value is -3.30. The maximum atomic E-state index is 12.2. The predicted molar refractivity (Wildman–Crippen MR) is 96.6 cm³/mol. The van der Waals surface area contributed by atoms with E-state index in [1.54, 1.807) is 36.9 Å². The number of aromatic nitrogens is 2. The molecule has 0 aliphatic rings. The number of rotatable bonds is 4. The van der Waals surface area contributed by atoms with Crippen LogP contribution in [0.5, 0.6) is 0 Å². The van der Waals surface area contributed by atoms with Crippen LogP contribution in [0.2, 0.25) is 0 Å². The van der Waals surface area contributed by atoms with Gasteiger partial charge in [0.1, 0.15) is 5.60 Å². The van der Waals surface area contributed by atoms with Crippen LogP contribution < -0.4 is 5.32 Å². The highest BCUT2D eigenvalue weighted by molar-refractivity contribution is 5.91. The van der Waals surface area contributed by atoms with Crippen molar-refractivity contribution in [1.82, 2.24) is 15.1 Å². The quantitative estimate of drug-likeness (QED) is 0.709. The lowest BCUT2D eigenvalue weighted by atomic mass is 10.1. The van der Waals surface area contributed by atoms with Crippen molar-refractivity contribution in [2.45, 2.75) is 26.0 Å². The minimum atomic E-state index is -1.11. The molecule has 0 radical (unpaired) electrons. The van der Waals surface area contributed by atoms with Gasteiger partial charge in [0, 0.05) is 18.9 Å². The van der Waals surface area contributed by atoms with Gasteiger partial charge >= 0.3 is 0 Å². The normalized spacial score (nSPS) is 10.9. The molecule has 0 saturated carbocycles. The first-order valence-electron chi connectivity index (χ1n) is 8.13. The van der Waals surface area contributed by atoms with Gasteiger partial charge in [0.05, 0.1) is 5.69 Å². The number of aliphatic hydroxyl groups is 1. The average molecular weight is 349 g/mol. The average Bonchev–Trinajstić information content (AvgIpc) is 3.29. The monoisotopic (exact) mass is 349 g/mol. The van der Waals surface area contributed by atoms with Crippen molar-refractivity contribution in [3.8, 4) is 17.5 Å². The van der Waals surface area contributed by atoms with Crippen molar-refractivity contribution >= 4 is 5.91 Å². The van der Waals surface area contributed by atoms with Crippen LogP contribution in [-0.2, 0) is 6.54 Å². The van der Waals surface area contributed by atoms with E-state index in [1.165, 1.54) is 0 Å². The Kier molecular flexibility index (Phi) is 4.92. The van der Waals surface area contributed by atoms with Gasteiger partial charge in [-0.1, -0.05) is 18.1 Å². The van der Waals surface area contributed by atoms with Crippen molar-refractivity contribution in [1.29, 1.82) is 0 Å². The Morgan fingerprint density at radius 2 is 2.04 bits per heavy atom. The number of hydrogen-bond donors (Lipinski definition) is 2. The van der Waals surface area contributed by atoms with Gasteiger partial charge in [-0.2, -0.15) is 5.10 Å². The van der Waals surface area contributed by atoms with Crippen LogP contribution in [0.25, 0.3) is 5.69 Å². The molecule has 0 spiro atoms. The number of hydrogen-bond acceptors (Lipinski definition) is 4. The predicted octanol–water partition coefficient (Wildman–Crippen LogP) is 2.52. The third-order valence-electron chi connectivity index (χ3n) is 3.48. The summed E-state index contributed by atoms with van der Waals surface area (Å²) in [4.78, 5) is 12.2. The summed E-state index contributed by atoms with van der Waals surface area (Å²) in [5.41, 5.74) is 0.798. The molecule has 2 heterocycles. The van der Waals surface area contributed by atoms with E-state index in [0.717, 1.165) is 11.3 Å². The van der Waals surface area contributed by atoms with Crippen LogP contribution in [-0.4, -0.2) is 26.4 Å². The summed E-state index contributed by atoms with van der Waals surface area (Å²) in [6.45, 7) is 3.53. The SMILES string of the molecule is CC(C)(O)C#Cc1ccc(C(=O)NCc2ccc(-n3cccn3)cc2)o1. The fourth-order valence-corrected chi connectivity index (χ4v) is 2.20. The first kappa shape index (κ1) is 17.5. The molecule has 2 aromatic heterocycles. The molecular weight excluding hydrogens is 330 g/mol. The van der Waals surface area contributed by atoms with Crippen LogP contribution in [0.1, 0.15) is 35.7 Å². The Labute approximate surface area is 151 Å². The van der Waals surface area contributed by atoms with Crippen molar-refractivity contribution in [3.63, 3.8) is 0 Å². The summed E-state index contributed by atoms with van der Waals surface area (Å²) in [5.74, 6) is 5.53. The van der Waals surface area contributed by atoms with Gasteiger partial charge in [-0.15, -0.1) is 0 Å². The van der Waals surface area contributed by atoms with E-state index < -0.39 is 5.60 Å². The number of benzene rings is 1. The van der Waals surface area contributed by atoms with E-state index in [4.69, 9.17) is 4.42 Å². The number of nitrogens with zero attached hydrogens (tertiary/aromatic N) is 2. The van der Waals surface area contributed by atoms with Crippen molar-refractivity contribution in [3.05, 3.63) is 71.9 Å². The van der Waals surface area contributed by atoms with Gasteiger partial charge < -0.3 is 14.8 Å². The molecule has 3 aromatic rings. The zero-order valence-electron chi connectivity index (χ0n) is 14.6. The maximum absolute atomic E-state index is 12.2. The molecule has 1 aromatic carbocycles. The van der Waals surface area contributed by atoms with Crippen molar-refractivity contribution in [2.24, 2.45) is 0 Å². The van der Waals surface area contributed by atoms with Gasteiger partial charge in [-0.3, -0.25) is 4.79 Å². The first-order chi connectivity index (χ1) is 12.4. The maximum Gasteiger partial charge on any atom is 0.287 e. The molecule has 0 fully saturated rings. The summed E-state index contributed by atoms with van der Waals surface area (Å²) >= 11 is 0. The van der Waals surface area contributed by atoms with E-state index in [9.17, 15) is 9.90 Å². The number of amides is 1. The second kappa shape index (κ2) is 7.30. The van der Waals surface area contributed by atoms with Gasteiger partial charge in [0.15, 0.2) is 11.5 Å². The lowest BCUT2D eigenvalue weighted by molar-refractivity contribution is 0.0922. The molecule has 26 heavy (non-hydrogen) atoms. The topological polar surface area (TPSA) is 80.3 Å². The Balaban J connectivity index is 1.59. The first-order valence-corrected chi connectivity index (χ1v) is 8.13. The van der Waals surface area contributed by atoms with Gasteiger partial charge in [-0.25, -0.2) is 4.68 Å². The Bertz CT molecular complexity index is 937. The molecule has 0 aliphatic carbocycles. The number of nitrogens with one attached hydrogen (secondary N) is 1. The summed E-state index contributed by atoms with van der Waals surface area (Å²) in [6, 6.07) is 12.8. The van der Waals surface area contributed by atoms with Crippen molar-refractivity contribution in [2.75, 3.05) is 0 Å². The number of carbonyl (C=O) groups is 1. The molecule has 2 N–H and O–H groups in total. The summed E-state index contributed by atoms with van der Waals surface area (Å²) in [5, 5.41) is 16.6. The Morgan fingerprint density at radius 1 is 1.27 bits per heavy atom. The molecule has 0 unspecified atom stereocenters. The largest absolute Gasteiger partial charge is 0.443 e. The highest BCUT2D eigenvalue weighted by atomic mass is 16.3. The Morgan fingerprint density at radius 3 is 2.69 bits per heavy atom. The van der Waals surface area contributed by atoms with Crippen LogP contribution in [0, 0.1) is 11.8 Å². The number of carbonyl (C=O) groups excluding carboxylic acids is 1. The second-order valence-corrected chi connectivity index (χ2v) is 6.27. The molecule has 0 aliphatic heterocycles. The molecule has 132 valence electrons. The van der Waals surface area contributed by atoms with E-state index in [2.05, 4.69) is 22.3 Å². The van der Waals surface area contributed by atoms with E-state index in [0.29, 0.717) is 12.3 Å². The molecule has 0 atom stereocenters. The van der Waals surface area contributed by atoms with E-state index >= 15 is 0 Å². The molecule has 6 heteroatoms. The lowest BCUT2D eigenvalue weighted by Gasteiger charge is -2.06. The third kappa shape index (κ3) is 4.62. The highest BCUT2D eigenvalue weighted by Crippen LogP contribution is 2.10. The highest BCUT2D eigenvalue weighted by Gasteiger charge is 2.11. The third-order valence-corrected chi connectivity index (χ3v) is 3.48. The summed E-state index contributed by atoms with van der Waals surface area (Å²) in [6.07, 6.45) is 3.59. The van der Waals surface area contributed by atoms with E-state index in [-0.39, 0.29) is 11.7 Å². The molecule has 6 nitrogen and oxygen atoms in total. The van der Waals surface area contributed by atoms with E-state index in [1.807, 2.05) is 36.5 Å². The fraction of sp³-hybridized carbons (Fsp3) is 0.200. The minimum Gasteiger partial charge on any atom is -0.443 e. The van der Waals surface area contributed by atoms with Gasteiger partial charge in [0.25, 0.3) is 5.91 Å². The zero-order valence-corrected chi connectivity index (χ0v) is 14.6. The second-order valence-electron chi connectivity index (χ2n) is 6.27. The molecular formula is C20H19N3O3. The molecule has 0 bridgehead atoms. The summed E-state index contributed by atoms with van der Waals surface area (Å²) in [7, 11) is 0. The molecule has 3 rings (SSSR count). The van der Waals surface area contributed by atoms with Crippen LogP contribution in [0.3, 0.4) is 0 Å².